The summed E-state index contributed by atoms with van der Waals surface area (Å²) in [6.45, 7) is 3.50. The summed E-state index contributed by atoms with van der Waals surface area (Å²) in [7, 11) is -3.53. The van der Waals surface area contributed by atoms with Crippen molar-refractivity contribution in [2.75, 3.05) is 26.3 Å². The van der Waals surface area contributed by atoms with Gasteiger partial charge in [0.25, 0.3) is 15.9 Å². The van der Waals surface area contributed by atoms with E-state index in [-0.39, 0.29) is 22.4 Å². The average molecular weight is 455 g/mol. The second-order valence-corrected chi connectivity index (χ2v) is 10.4. The summed E-state index contributed by atoms with van der Waals surface area (Å²) < 4.78 is 38.0. The predicted octanol–water partition coefficient (Wildman–Crippen LogP) is 3.41. The molecule has 1 fully saturated rings. The van der Waals surface area contributed by atoms with Crippen molar-refractivity contribution in [3.05, 3.63) is 51.6 Å². The lowest BCUT2D eigenvalue weighted by Gasteiger charge is -2.25. The number of morpholine rings is 1. The Labute approximate surface area is 177 Å². The van der Waals surface area contributed by atoms with Crippen LogP contribution < -0.4 is 5.32 Å². The molecule has 0 saturated carbocycles. The third kappa shape index (κ3) is 4.06. The van der Waals surface area contributed by atoms with Crippen molar-refractivity contribution in [1.29, 1.82) is 0 Å². The number of carbonyl (C=O) groups is 1. The minimum Gasteiger partial charge on any atom is -0.451 e. The Morgan fingerprint density at radius 3 is 2.76 bits per heavy atom. The van der Waals surface area contributed by atoms with Gasteiger partial charge in [0.1, 0.15) is 9.79 Å². The number of hydrogen-bond donors (Lipinski definition) is 1. The lowest BCUT2D eigenvalue weighted by Crippen LogP contribution is -2.40. The van der Waals surface area contributed by atoms with Gasteiger partial charge in [-0.3, -0.25) is 4.79 Å². The Balaban J connectivity index is 1.46. The lowest BCUT2D eigenvalue weighted by atomic mass is 10.1. The number of thiophene rings is 1. The summed E-state index contributed by atoms with van der Waals surface area (Å²) in [5.41, 5.74) is 1.30. The summed E-state index contributed by atoms with van der Waals surface area (Å²) in [6.07, 6.45) is 0. The monoisotopic (exact) mass is 454 g/mol. The molecule has 1 aliphatic rings. The van der Waals surface area contributed by atoms with Crippen molar-refractivity contribution >= 4 is 49.8 Å². The van der Waals surface area contributed by atoms with E-state index in [4.69, 9.17) is 20.8 Å². The molecule has 0 spiro atoms. The summed E-state index contributed by atoms with van der Waals surface area (Å²) in [5.74, 6) is -0.138. The van der Waals surface area contributed by atoms with E-state index in [1.54, 1.807) is 37.3 Å². The molecule has 0 atom stereocenters. The Morgan fingerprint density at radius 2 is 2.00 bits per heavy atom. The fourth-order valence-corrected chi connectivity index (χ4v) is 6.19. The summed E-state index contributed by atoms with van der Waals surface area (Å²) in [4.78, 5) is 13.3. The number of nitrogens with zero attached hydrogens (tertiary/aromatic N) is 1. The lowest BCUT2D eigenvalue weighted by molar-refractivity contribution is 0.0731. The van der Waals surface area contributed by atoms with Crippen LogP contribution in [0.15, 0.2) is 39.0 Å². The molecule has 7 nitrogen and oxygen atoms in total. The Morgan fingerprint density at radius 1 is 1.24 bits per heavy atom. The molecule has 1 aliphatic heterocycles. The Bertz CT molecular complexity index is 1160. The van der Waals surface area contributed by atoms with Crippen LogP contribution in [0.5, 0.6) is 0 Å². The minimum absolute atomic E-state index is 0.208. The first-order chi connectivity index (χ1) is 13.9. The van der Waals surface area contributed by atoms with Crippen molar-refractivity contribution in [2.24, 2.45) is 0 Å². The standard InChI is InChI=1S/C19H19ClN2O5S2/c1-12-15-10-13(20)2-4-16(15)27-18(12)19(23)21-11-14-3-5-17(28-14)29(24,25)22-6-8-26-9-7-22/h2-5,10H,6-9,11H2,1H3,(H,21,23). The van der Waals surface area contributed by atoms with Crippen LogP contribution in [-0.2, 0) is 21.3 Å². The van der Waals surface area contributed by atoms with Gasteiger partial charge >= 0.3 is 0 Å². The van der Waals surface area contributed by atoms with Gasteiger partial charge in [0, 0.05) is 33.9 Å². The van der Waals surface area contributed by atoms with E-state index in [9.17, 15) is 13.2 Å². The van der Waals surface area contributed by atoms with E-state index in [0.29, 0.717) is 42.5 Å². The zero-order valence-corrected chi connectivity index (χ0v) is 18.0. The molecule has 1 saturated heterocycles. The van der Waals surface area contributed by atoms with E-state index < -0.39 is 10.0 Å². The van der Waals surface area contributed by atoms with E-state index in [1.807, 2.05) is 0 Å². The van der Waals surface area contributed by atoms with Gasteiger partial charge in [0.05, 0.1) is 19.8 Å². The summed E-state index contributed by atoms with van der Waals surface area (Å²) in [5, 5.41) is 4.15. The molecule has 10 heteroatoms. The van der Waals surface area contributed by atoms with Crippen molar-refractivity contribution in [3.8, 4) is 0 Å². The number of amides is 1. The van der Waals surface area contributed by atoms with Crippen molar-refractivity contribution in [3.63, 3.8) is 0 Å². The van der Waals surface area contributed by atoms with E-state index >= 15 is 0 Å². The van der Waals surface area contributed by atoms with Crippen molar-refractivity contribution in [2.45, 2.75) is 17.7 Å². The SMILES string of the molecule is Cc1c(C(=O)NCc2ccc(S(=O)(=O)N3CCOCC3)s2)oc2ccc(Cl)cc12. The predicted molar refractivity (Wildman–Crippen MR) is 111 cm³/mol. The second-order valence-electron chi connectivity index (χ2n) is 6.62. The van der Waals surface area contributed by atoms with Crippen molar-refractivity contribution in [1.82, 2.24) is 9.62 Å². The molecule has 154 valence electrons. The van der Waals surface area contributed by atoms with Crippen LogP contribution in [0.1, 0.15) is 21.0 Å². The number of hydrogen-bond acceptors (Lipinski definition) is 6. The van der Waals surface area contributed by atoms with Crippen LogP contribution in [0.3, 0.4) is 0 Å². The quantitative estimate of drug-likeness (QED) is 0.638. The highest BCUT2D eigenvalue weighted by Crippen LogP contribution is 2.28. The number of carbonyl (C=O) groups excluding carboxylic acids is 1. The molecule has 0 bridgehead atoms. The number of fused-ring (bicyclic) bond motifs is 1. The largest absolute Gasteiger partial charge is 0.451 e. The zero-order chi connectivity index (χ0) is 20.6. The highest BCUT2D eigenvalue weighted by molar-refractivity contribution is 7.91. The Hall–Kier alpha value is -1.91. The summed E-state index contributed by atoms with van der Waals surface area (Å²) >= 11 is 7.16. The smallest absolute Gasteiger partial charge is 0.287 e. The molecule has 0 unspecified atom stereocenters. The molecule has 2 aromatic heterocycles. The van der Waals surface area contributed by atoms with Crippen molar-refractivity contribution < 1.29 is 22.4 Å². The molecule has 29 heavy (non-hydrogen) atoms. The van der Waals surface area contributed by atoms with E-state index in [1.165, 1.54) is 4.31 Å². The van der Waals surface area contributed by atoms with E-state index in [2.05, 4.69) is 5.32 Å². The third-order valence-corrected chi connectivity index (χ3v) is 8.42. The first kappa shape index (κ1) is 20.4. The first-order valence-corrected chi connectivity index (χ1v) is 11.6. The molecule has 1 aromatic carbocycles. The molecule has 0 radical (unpaired) electrons. The fourth-order valence-electron chi connectivity index (χ4n) is 3.16. The van der Waals surface area contributed by atoms with Crippen LogP contribution in [0.4, 0.5) is 0 Å². The fraction of sp³-hybridized carbons (Fsp3) is 0.316. The number of furan rings is 1. The van der Waals surface area contributed by atoms with Crippen LogP contribution >= 0.6 is 22.9 Å². The number of benzene rings is 1. The molecule has 1 N–H and O–H groups in total. The molecule has 3 aromatic rings. The van der Waals surface area contributed by atoms with E-state index in [0.717, 1.165) is 21.6 Å². The first-order valence-electron chi connectivity index (χ1n) is 9.00. The zero-order valence-electron chi connectivity index (χ0n) is 15.6. The number of nitrogens with one attached hydrogen (secondary N) is 1. The highest BCUT2D eigenvalue weighted by Gasteiger charge is 2.28. The maximum Gasteiger partial charge on any atom is 0.287 e. The molecule has 4 rings (SSSR count). The molecule has 1 amide bonds. The van der Waals surface area contributed by atoms with Gasteiger partial charge in [-0.2, -0.15) is 4.31 Å². The number of rotatable bonds is 5. The van der Waals surface area contributed by atoms with Crippen LogP contribution in [0.25, 0.3) is 11.0 Å². The molecular weight excluding hydrogens is 436 g/mol. The maximum atomic E-state index is 12.7. The van der Waals surface area contributed by atoms with Gasteiger partial charge in [-0.1, -0.05) is 11.6 Å². The van der Waals surface area contributed by atoms with Gasteiger partial charge in [-0.05, 0) is 37.3 Å². The maximum absolute atomic E-state index is 12.7. The average Bonchev–Trinajstić information content (AvgIpc) is 3.32. The number of halogens is 1. The molecule has 0 aliphatic carbocycles. The minimum atomic E-state index is -3.53. The number of ether oxygens (including phenoxy) is 1. The van der Waals surface area contributed by atoms with Gasteiger partial charge in [-0.15, -0.1) is 11.3 Å². The Kier molecular flexibility index (Phi) is 5.67. The van der Waals surface area contributed by atoms with Crippen LogP contribution in [0, 0.1) is 6.92 Å². The normalized spacial score (nSPS) is 15.7. The third-order valence-electron chi connectivity index (χ3n) is 4.73. The van der Waals surface area contributed by atoms with Gasteiger partial charge in [0.2, 0.25) is 0 Å². The summed E-state index contributed by atoms with van der Waals surface area (Å²) in [6, 6.07) is 8.48. The number of aryl methyl sites for hydroxylation is 1. The molecule has 3 heterocycles. The second kappa shape index (κ2) is 8.08. The van der Waals surface area contributed by atoms with Crippen LogP contribution in [0.2, 0.25) is 5.02 Å². The van der Waals surface area contributed by atoms with Gasteiger partial charge < -0.3 is 14.5 Å². The van der Waals surface area contributed by atoms with Gasteiger partial charge in [0.15, 0.2) is 5.76 Å². The number of sulfonamides is 1. The van der Waals surface area contributed by atoms with Gasteiger partial charge in [-0.25, -0.2) is 8.42 Å². The molecular formula is C19H19ClN2O5S2. The van der Waals surface area contributed by atoms with Crippen LogP contribution in [-0.4, -0.2) is 44.9 Å². The highest BCUT2D eigenvalue weighted by atomic mass is 35.5. The topological polar surface area (TPSA) is 88.9 Å².